The second kappa shape index (κ2) is 6.63. The quantitative estimate of drug-likeness (QED) is 0.492. The number of carbonyl (C=O) groups is 3. The number of aliphatic hydroxyl groups excluding tert-OH is 1. The molecule has 0 radical (unpaired) electrons. The van der Waals surface area contributed by atoms with Gasteiger partial charge in [0, 0.05) is 11.1 Å². The highest BCUT2D eigenvalue weighted by atomic mass is 16.5. The second-order valence-electron chi connectivity index (χ2n) is 5.08. The average Bonchev–Trinajstić information content (AvgIpc) is 2.50. The molecule has 0 heterocycles. The normalized spacial score (nSPS) is 17.8. The maximum absolute atomic E-state index is 11.8. The van der Waals surface area contributed by atoms with E-state index in [1.165, 1.54) is 12.1 Å². The molecule has 1 aromatic carbocycles. The number of hydrogen-bond donors (Lipinski definition) is 1. The fraction of sp³-hybridized carbons (Fsp3) is 0.438. The SMILES string of the molecule is CCCCCCOc1ccc2c(c1)C(=O)C(=O)C(O)C2=O. The average molecular weight is 290 g/mol. The summed E-state index contributed by atoms with van der Waals surface area (Å²) in [5, 5.41) is 9.41. The molecule has 1 aliphatic carbocycles. The molecule has 0 amide bonds. The molecule has 2 rings (SSSR count). The number of unbranched alkanes of at least 4 members (excludes halogenated alkanes) is 3. The van der Waals surface area contributed by atoms with Gasteiger partial charge in [-0.2, -0.15) is 0 Å². The molecule has 0 bridgehead atoms. The first-order valence-electron chi connectivity index (χ1n) is 7.14. The molecular weight excluding hydrogens is 272 g/mol. The summed E-state index contributed by atoms with van der Waals surface area (Å²) in [4.78, 5) is 35.1. The first-order chi connectivity index (χ1) is 10.1. The van der Waals surface area contributed by atoms with Gasteiger partial charge in [-0.15, -0.1) is 0 Å². The van der Waals surface area contributed by atoms with Crippen molar-refractivity contribution in [3.63, 3.8) is 0 Å². The van der Waals surface area contributed by atoms with Gasteiger partial charge in [-0.3, -0.25) is 14.4 Å². The lowest BCUT2D eigenvalue weighted by molar-refractivity contribution is -0.120. The van der Waals surface area contributed by atoms with Gasteiger partial charge in [0.1, 0.15) is 5.75 Å². The smallest absolute Gasteiger partial charge is 0.239 e. The molecule has 112 valence electrons. The van der Waals surface area contributed by atoms with Crippen LogP contribution in [0.4, 0.5) is 0 Å². The molecule has 0 saturated heterocycles. The van der Waals surface area contributed by atoms with Crippen LogP contribution in [0.3, 0.4) is 0 Å². The number of ether oxygens (including phenoxy) is 1. The van der Waals surface area contributed by atoms with E-state index in [1.54, 1.807) is 6.07 Å². The summed E-state index contributed by atoms with van der Waals surface area (Å²) in [6.07, 6.45) is 2.40. The van der Waals surface area contributed by atoms with E-state index in [2.05, 4.69) is 6.92 Å². The molecular formula is C16H18O5. The number of rotatable bonds is 6. The van der Waals surface area contributed by atoms with Crippen LogP contribution in [0.25, 0.3) is 0 Å². The zero-order chi connectivity index (χ0) is 15.4. The summed E-state index contributed by atoms with van der Waals surface area (Å²) in [7, 11) is 0. The third kappa shape index (κ3) is 3.19. The number of fused-ring (bicyclic) bond motifs is 1. The van der Waals surface area contributed by atoms with E-state index in [9.17, 15) is 19.5 Å². The number of ketones is 3. The topological polar surface area (TPSA) is 80.7 Å². The molecule has 0 spiro atoms. The van der Waals surface area contributed by atoms with E-state index in [1.807, 2.05) is 0 Å². The van der Waals surface area contributed by atoms with E-state index >= 15 is 0 Å². The summed E-state index contributed by atoms with van der Waals surface area (Å²) in [6.45, 7) is 2.65. The zero-order valence-electron chi connectivity index (χ0n) is 11.9. The zero-order valence-corrected chi connectivity index (χ0v) is 11.9. The molecule has 0 aromatic heterocycles. The highest BCUT2D eigenvalue weighted by Gasteiger charge is 2.39. The van der Waals surface area contributed by atoms with Gasteiger partial charge in [-0.25, -0.2) is 0 Å². The van der Waals surface area contributed by atoms with E-state index in [0.29, 0.717) is 12.4 Å². The molecule has 1 aliphatic rings. The Kier molecular flexibility index (Phi) is 4.85. The van der Waals surface area contributed by atoms with Crippen LogP contribution in [0.1, 0.15) is 53.3 Å². The molecule has 0 saturated carbocycles. The summed E-state index contributed by atoms with van der Waals surface area (Å²) < 4.78 is 5.53. The minimum absolute atomic E-state index is 0.0151. The molecule has 0 aliphatic heterocycles. The largest absolute Gasteiger partial charge is 0.494 e. The fourth-order valence-electron chi connectivity index (χ4n) is 2.26. The number of aliphatic hydroxyl groups is 1. The highest BCUT2D eigenvalue weighted by molar-refractivity contribution is 6.53. The first-order valence-corrected chi connectivity index (χ1v) is 7.14. The Bertz CT molecular complexity index is 576. The van der Waals surface area contributed by atoms with Gasteiger partial charge < -0.3 is 9.84 Å². The van der Waals surface area contributed by atoms with Crippen LogP contribution in [-0.4, -0.2) is 35.2 Å². The van der Waals surface area contributed by atoms with Gasteiger partial charge in [-0.05, 0) is 24.6 Å². The monoisotopic (exact) mass is 290 g/mol. The van der Waals surface area contributed by atoms with Crippen LogP contribution in [0.5, 0.6) is 5.75 Å². The van der Waals surface area contributed by atoms with Gasteiger partial charge in [-0.1, -0.05) is 26.2 Å². The number of carbonyl (C=O) groups excluding carboxylic acids is 3. The first kappa shape index (κ1) is 15.4. The minimum atomic E-state index is -1.87. The maximum Gasteiger partial charge on any atom is 0.239 e. The maximum atomic E-state index is 11.8. The Balaban J connectivity index is 2.10. The lowest BCUT2D eigenvalue weighted by Gasteiger charge is -2.18. The van der Waals surface area contributed by atoms with Crippen molar-refractivity contribution in [2.75, 3.05) is 6.61 Å². The minimum Gasteiger partial charge on any atom is -0.494 e. The van der Waals surface area contributed by atoms with Crippen LogP contribution in [0, 0.1) is 0 Å². The van der Waals surface area contributed by atoms with E-state index in [-0.39, 0.29) is 11.1 Å². The van der Waals surface area contributed by atoms with E-state index < -0.39 is 23.5 Å². The van der Waals surface area contributed by atoms with Gasteiger partial charge in [0.15, 0.2) is 11.9 Å². The lowest BCUT2D eigenvalue weighted by atomic mass is 9.86. The third-order valence-corrected chi connectivity index (χ3v) is 3.49. The summed E-state index contributed by atoms with van der Waals surface area (Å²) >= 11 is 0. The molecule has 21 heavy (non-hydrogen) atoms. The third-order valence-electron chi connectivity index (χ3n) is 3.49. The molecule has 1 N–H and O–H groups in total. The standard InChI is InChI=1S/C16H18O5/c1-2-3-4-5-8-21-10-6-7-11-12(9-10)14(18)16(20)15(19)13(11)17/h6-7,9,15,19H,2-5,8H2,1H3. The molecule has 1 aromatic rings. The van der Waals surface area contributed by atoms with Crippen molar-refractivity contribution in [2.45, 2.75) is 38.7 Å². The van der Waals surface area contributed by atoms with Gasteiger partial charge in [0.25, 0.3) is 0 Å². The predicted octanol–water partition coefficient (Wildman–Crippen LogP) is 1.95. The van der Waals surface area contributed by atoms with E-state index in [0.717, 1.165) is 25.7 Å². The molecule has 1 atom stereocenters. The number of hydrogen-bond acceptors (Lipinski definition) is 5. The number of Topliss-reactive ketones (excluding diaryl/α,β-unsaturated/α-hetero) is 3. The summed E-state index contributed by atoms with van der Waals surface area (Å²) in [6, 6.07) is 4.40. The van der Waals surface area contributed by atoms with Gasteiger partial charge in [0.2, 0.25) is 11.6 Å². The Morgan fingerprint density at radius 3 is 2.52 bits per heavy atom. The Labute approximate surface area is 122 Å². The number of benzene rings is 1. The van der Waals surface area contributed by atoms with Crippen molar-refractivity contribution in [1.82, 2.24) is 0 Å². The molecule has 0 fully saturated rings. The van der Waals surface area contributed by atoms with Crippen molar-refractivity contribution in [3.8, 4) is 5.75 Å². The van der Waals surface area contributed by atoms with Crippen molar-refractivity contribution < 1.29 is 24.2 Å². The molecule has 5 nitrogen and oxygen atoms in total. The van der Waals surface area contributed by atoms with Crippen LogP contribution in [-0.2, 0) is 4.79 Å². The van der Waals surface area contributed by atoms with Crippen LogP contribution in [0.15, 0.2) is 18.2 Å². The van der Waals surface area contributed by atoms with Crippen molar-refractivity contribution in [3.05, 3.63) is 29.3 Å². The molecule has 5 heteroatoms. The second-order valence-corrected chi connectivity index (χ2v) is 5.08. The van der Waals surface area contributed by atoms with Crippen molar-refractivity contribution in [2.24, 2.45) is 0 Å². The van der Waals surface area contributed by atoms with Crippen LogP contribution < -0.4 is 4.74 Å². The Morgan fingerprint density at radius 1 is 1.05 bits per heavy atom. The van der Waals surface area contributed by atoms with Crippen LogP contribution >= 0.6 is 0 Å². The highest BCUT2D eigenvalue weighted by Crippen LogP contribution is 2.24. The predicted molar refractivity (Wildman–Crippen MR) is 75.8 cm³/mol. The summed E-state index contributed by atoms with van der Waals surface area (Å²) in [5.41, 5.74) is 0.0896. The van der Waals surface area contributed by atoms with Crippen LogP contribution in [0.2, 0.25) is 0 Å². The van der Waals surface area contributed by atoms with E-state index in [4.69, 9.17) is 4.74 Å². The Morgan fingerprint density at radius 2 is 1.81 bits per heavy atom. The lowest BCUT2D eigenvalue weighted by Crippen LogP contribution is -2.41. The van der Waals surface area contributed by atoms with Gasteiger partial charge in [0.05, 0.1) is 6.61 Å². The van der Waals surface area contributed by atoms with Crippen molar-refractivity contribution in [1.29, 1.82) is 0 Å². The van der Waals surface area contributed by atoms with Crippen molar-refractivity contribution >= 4 is 17.3 Å². The summed E-state index contributed by atoms with van der Waals surface area (Å²) in [5.74, 6) is -2.19. The Hall–Kier alpha value is -2.01. The molecule has 1 unspecified atom stereocenters. The van der Waals surface area contributed by atoms with Gasteiger partial charge >= 0.3 is 0 Å². The fourth-order valence-corrected chi connectivity index (χ4v) is 2.26.